The van der Waals surface area contributed by atoms with Gasteiger partial charge in [0, 0.05) is 5.56 Å². The first kappa shape index (κ1) is 22.6. The predicted molar refractivity (Wildman–Crippen MR) is 111 cm³/mol. The quantitative estimate of drug-likeness (QED) is 0.429. The molecule has 3 aromatic rings. The van der Waals surface area contributed by atoms with E-state index >= 15 is 0 Å². The van der Waals surface area contributed by atoms with E-state index in [1.54, 1.807) is 0 Å². The van der Waals surface area contributed by atoms with Gasteiger partial charge >= 0.3 is 15.6 Å². The van der Waals surface area contributed by atoms with Gasteiger partial charge in [-0.05, 0) is 60.4 Å². The average Bonchev–Trinajstić information content (AvgIpc) is 2.69. The Bertz CT molecular complexity index is 1220. The molecule has 0 aromatic heterocycles. The molecule has 0 radical (unpaired) electrons. The highest BCUT2D eigenvalue weighted by atomic mass is 32.2. The van der Waals surface area contributed by atoms with E-state index in [1.807, 2.05) is 49.4 Å². The first-order valence-corrected chi connectivity index (χ1v) is 10.7. The molecule has 0 saturated heterocycles. The van der Waals surface area contributed by atoms with Crippen molar-refractivity contribution in [3.8, 4) is 5.75 Å². The SMILES string of the molecule is Cc1cc(C(=O)N[C@H](C)c2cccc3ccccc23)cc(C)c1OS(=O)(=O)C(F)(F)F. The number of amides is 1. The molecule has 0 aliphatic heterocycles. The molecule has 5 nitrogen and oxygen atoms in total. The van der Waals surface area contributed by atoms with Gasteiger partial charge in [0.05, 0.1) is 6.04 Å². The number of alkyl halides is 3. The summed E-state index contributed by atoms with van der Waals surface area (Å²) >= 11 is 0. The molecule has 9 heteroatoms. The van der Waals surface area contributed by atoms with Crippen LogP contribution in [0.3, 0.4) is 0 Å². The van der Waals surface area contributed by atoms with Gasteiger partial charge in [0.2, 0.25) is 0 Å². The Kier molecular flexibility index (Phi) is 6.00. The van der Waals surface area contributed by atoms with E-state index in [1.165, 1.54) is 26.0 Å². The average molecular weight is 451 g/mol. The number of halogens is 3. The Morgan fingerprint density at radius 1 is 1.00 bits per heavy atom. The largest absolute Gasteiger partial charge is 0.534 e. The van der Waals surface area contributed by atoms with Crippen LogP contribution in [0.25, 0.3) is 10.8 Å². The number of benzene rings is 3. The van der Waals surface area contributed by atoms with E-state index < -0.39 is 27.3 Å². The summed E-state index contributed by atoms with van der Waals surface area (Å²) in [6, 6.07) is 15.7. The molecule has 0 spiro atoms. The molecule has 0 fully saturated rings. The van der Waals surface area contributed by atoms with E-state index in [-0.39, 0.29) is 22.7 Å². The molecular formula is C22H20F3NO4S. The third-order valence-corrected chi connectivity index (χ3v) is 5.79. The number of hydrogen-bond donors (Lipinski definition) is 1. The molecule has 1 N–H and O–H groups in total. The molecule has 3 aromatic carbocycles. The lowest BCUT2D eigenvalue weighted by Gasteiger charge is -2.18. The molecular weight excluding hydrogens is 431 g/mol. The summed E-state index contributed by atoms with van der Waals surface area (Å²) in [5.41, 5.74) is -4.27. The second-order valence-corrected chi connectivity index (χ2v) is 8.72. The zero-order valence-electron chi connectivity index (χ0n) is 16.9. The van der Waals surface area contributed by atoms with Crippen LogP contribution < -0.4 is 9.50 Å². The normalized spacial score (nSPS) is 13.1. The Balaban J connectivity index is 1.86. The first-order valence-electron chi connectivity index (χ1n) is 9.31. The van der Waals surface area contributed by atoms with Crippen LogP contribution in [0.15, 0.2) is 54.6 Å². The second kappa shape index (κ2) is 8.22. The number of carbonyl (C=O) groups excluding carboxylic acids is 1. The molecule has 1 amide bonds. The molecule has 0 unspecified atom stereocenters. The lowest BCUT2D eigenvalue weighted by molar-refractivity contribution is -0.0500. The van der Waals surface area contributed by atoms with Gasteiger partial charge in [-0.2, -0.15) is 21.6 Å². The van der Waals surface area contributed by atoms with Crippen molar-refractivity contribution in [3.05, 3.63) is 76.9 Å². The summed E-state index contributed by atoms with van der Waals surface area (Å²) in [4.78, 5) is 12.8. The number of aryl methyl sites for hydroxylation is 2. The number of carbonyl (C=O) groups is 1. The molecule has 0 heterocycles. The second-order valence-electron chi connectivity index (χ2n) is 7.19. The first-order chi connectivity index (χ1) is 14.4. The fourth-order valence-corrected chi connectivity index (χ4v) is 3.93. The zero-order valence-corrected chi connectivity index (χ0v) is 17.8. The van der Waals surface area contributed by atoms with E-state index in [4.69, 9.17) is 0 Å². The minimum absolute atomic E-state index is 0.0933. The van der Waals surface area contributed by atoms with Crippen LogP contribution in [0, 0.1) is 13.8 Å². The Morgan fingerprint density at radius 2 is 1.58 bits per heavy atom. The molecule has 3 rings (SSSR count). The van der Waals surface area contributed by atoms with Crippen LogP contribution in [0.2, 0.25) is 0 Å². The number of fused-ring (bicyclic) bond motifs is 1. The number of rotatable bonds is 5. The van der Waals surface area contributed by atoms with Gasteiger partial charge in [-0.3, -0.25) is 4.79 Å². The third-order valence-electron chi connectivity index (χ3n) is 4.84. The highest BCUT2D eigenvalue weighted by Gasteiger charge is 2.49. The van der Waals surface area contributed by atoms with Crippen molar-refractivity contribution in [3.63, 3.8) is 0 Å². The lowest BCUT2D eigenvalue weighted by atomic mass is 9.99. The molecule has 0 aliphatic rings. The van der Waals surface area contributed by atoms with Crippen molar-refractivity contribution in [1.29, 1.82) is 0 Å². The Labute approximate surface area is 178 Å². The number of nitrogens with one attached hydrogen (secondary N) is 1. The van der Waals surface area contributed by atoms with E-state index in [2.05, 4.69) is 9.50 Å². The third kappa shape index (κ3) is 4.66. The summed E-state index contributed by atoms with van der Waals surface area (Å²) in [7, 11) is -5.81. The predicted octanol–water partition coefficient (Wildman–Crippen LogP) is 5.18. The summed E-state index contributed by atoms with van der Waals surface area (Å²) in [6.07, 6.45) is 0. The van der Waals surface area contributed by atoms with Gasteiger partial charge in [-0.15, -0.1) is 0 Å². The zero-order chi connectivity index (χ0) is 23.0. The molecule has 1 atom stereocenters. The maximum Gasteiger partial charge on any atom is 0.534 e. The standard InChI is InChI=1S/C22H20F3NO4S/c1-13-11-17(12-14(2)20(13)30-31(28,29)22(23,24)25)21(27)26-15(3)18-10-6-8-16-7-4-5-9-19(16)18/h4-12,15H,1-3H3,(H,26,27)/t15-/m1/s1. The molecule has 0 saturated carbocycles. The van der Waals surface area contributed by atoms with Gasteiger partial charge in [-0.1, -0.05) is 42.5 Å². The fraction of sp³-hybridized carbons (Fsp3) is 0.227. The van der Waals surface area contributed by atoms with Gasteiger partial charge in [0.25, 0.3) is 5.91 Å². The highest BCUT2D eigenvalue weighted by Crippen LogP contribution is 2.32. The lowest BCUT2D eigenvalue weighted by Crippen LogP contribution is -2.29. The Morgan fingerprint density at radius 3 is 2.19 bits per heavy atom. The van der Waals surface area contributed by atoms with Gasteiger partial charge in [-0.25, -0.2) is 0 Å². The molecule has 0 bridgehead atoms. The summed E-state index contributed by atoms with van der Waals surface area (Å²) in [5, 5.41) is 4.89. The van der Waals surface area contributed by atoms with Crippen LogP contribution >= 0.6 is 0 Å². The van der Waals surface area contributed by atoms with Gasteiger partial charge in [0.1, 0.15) is 5.75 Å². The minimum atomic E-state index is -5.81. The topological polar surface area (TPSA) is 72.5 Å². The van der Waals surface area contributed by atoms with Crippen molar-refractivity contribution in [2.75, 3.05) is 0 Å². The molecule has 31 heavy (non-hydrogen) atoms. The van der Waals surface area contributed by atoms with Crippen molar-refractivity contribution in [2.24, 2.45) is 0 Å². The molecule has 0 aliphatic carbocycles. The number of hydrogen-bond acceptors (Lipinski definition) is 4. The summed E-state index contributed by atoms with van der Waals surface area (Å²) in [5.74, 6) is -0.896. The van der Waals surface area contributed by atoms with Crippen LogP contribution in [0.1, 0.15) is 40.0 Å². The van der Waals surface area contributed by atoms with Gasteiger partial charge in [0.15, 0.2) is 0 Å². The van der Waals surface area contributed by atoms with Crippen molar-refractivity contribution >= 4 is 26.8 Å². The van der Waals surface area contributed by atoms with Crippen LogP contribution in [-0.4, -0.2) is 19.8 Å². The smallest absolute Gasteiger partial charge is 0.375 e. The van der Waals surface area contributed by atoms with E-state index in [9.17, 15) is 26.4 Å². The molecule has 164 valence electrons. The van der Waals surface area contributed by atoms with Crippen molar-refractivity contribution in [1.82, 2.24) is 5.32 Å². The maximum atomic E-state index is 12.8. The van der Waals surface area contributed by atoms with Crippen LogP contribution in [-0.2, 0) is 10.1 Å². The highest BCUT2D eigenvalue weighted by molar-refractivity contribution is 7.88. The Hall–Kier alpha value is -3.07. The van der Waals surface area contributed by atoms with E-state index in [0.29, 0.717) is 0 Å². The fourth-order valence-electron chi connectivity index (χ4n) is 3.36. The summed E-state index contributed by atoms with van der Waals surface area (Å²) in [6.45, 7) is 4.57. The monoisotopic (exact) mass is 451 g/mol. The minimum Gasteiger partial charge on any atom is -0.375 e. The summed E-state index contributed by atoms with van der Waals surface area (Å²) < 4.78 is 64.8. The van der Waals surface area contributed by atoms with Crippen LogP contribution in [0.5, 0.6) is 5.75 Å². The van der Waals surface area contributed by atoms with Crippen LogP contribution in [0.4, 0.5) is 13.2 Å². The maximum absolute atomic E-state index is 12.8. The van der Waals surface area contributed by atoms with E-state index in [0.717, 1.165) is 16.3 Å². The van der Waals surface area contributed by atoms with Crippen molar-refractivity contribution in [2.45, 2.75) is 32.3 Å². The van der Waals surface area contributed by atoms with Gasteiger partial charge < -0.3 is 9.50 Å². The van der Waals surface area contributed by atoms with Crippen molar-refractivity contribution < 1.29 is 30.6 Å².